The van der Waals surface area contributed by atoms with Crippen LogP contribution in [-0.4, -0.2) is 19.9 Å². The summed E-state index contributed by atoms with van der Waals surface area (Å²) in [4.78, 5) is 14.9. The summed E-state index contributed by atoms with van der Waals surface area (Å²) in [6.07, 6.45) is 13.1. The molecule has 0 saturated carbocycles. The van der Waals surface area contributed by atoms with E-state index in [2.05, 4.69) is 19.9 Å². The van der Waals surface area contributed by atoms with Crippen molar-refractivity contribution in [3.63, 3.8) is 0 Å². The zero-order valence-electron chi connectivity index (χ0n) is 6.76. The van der Waals surface area contributed by atoms with E-state index in [0.717, 1.165) is 0 Å². The molecule has 2 aromatic heterocycles. The van der Waals surface area contributed by atoms with E-state index in [-0.39, 0.29) is 17.1 Å². The summed E-state index contributed by atoms with van der Waals surface area (Å²) in [7, 11) is 0. The van der Waals surface area contributed by atoms with Crippen LogP contribution in [-0.2, 0) is 17.1 Å². The van der Waals surface area contributed by atoms with Crippen molar-refractivity contribution in [3.8, 4) is 0 Å². The van der Waals surface area contributed by atoms with Crippen LogP contribution in [0.1, 0.15) is 0 Å². The minimum atomic E-state index is 0. The van der Waals surface area contributed by atoms with Crippen molar-refractivity contribution in [1.82, 2.24) is 19.9 Å². The van der Waals surface area contributed by atoms with Crippen molar-refractivity contribution in [2.24, 2.45) is 0 Å². The third-order valence-corrected chi connectivity index (χ3v) is 0.955. The van der Waals surface area contributed by atoms with Gasteiger partial charge in [-0.05, 0) is 0 Å². The van der Waals surface area contributed by atoms with Gasteiger partial charge in [0.15, 0.2) is 0 Å². The third-order valence-electron chi connectivity index (χ3n) is 0.955. The van der Waals surface area contributed by atoms with Crippen LogP contribution in [0, 0.1) is 0 Å². The molecule has 0 N–H and O–H groups in total. The molecule has 2 heterocycles. The fourth-order valence-electron chi connectivity index (χ4n) is 0.507. The molecule has 0 fully saturated rings. The molecule has 0 aliphatic carbocycles. The molecule has 0 atom stereocenters. The van der Waals surface area contributed by atoms with Crippen LogP contribution in [0.4, 0.5) is 0 Å². The number of rotatable bonds is 0. The fraction of sp³-hybridized carbons (Fsp3) is 0. The second-order valence-corrected chi connectivity index (χ2v) is 1.79. The molecule has 0 bridgehead atoms. The molecule has 0 aliphatic rings. The molecule has 66 valence electrons. The summed E-state index contributed by atoms with van der Waals surface area (Å²) in [5.74, 6) is 0. The number of nitrogens with zero attached hydrogens (tertiary/aromatic N) is 4. The van der Waals surface area contributed by atoms with E-state index >= 15 is 0 Å². The molecule has 0 amide bonds. The molecule has 4 nitrogen and oxygen atoms in total. The van der Waals surface area contributed by atoms with Gasteiger partial charge in [-0.3, -0.25) is 19.9 Å². The predicted molar refractivity (Wildman–Crippen MR) is 44.1 cm³/mol. The fourth-order valence-corrected chi connectivity index (χ4v) is 0.507. The summed E-state index contributed by atoms with van der Waals surface area (Å²) in [6.45, 7) is 0. The Kier molecular flexibility index (Phi) is 7.88. The molecule has 0 unspecified atom stereocenters. The average Bonchev–Trinajstić information content (AvgIpc) is 2.24. The molecule has 0 aromatic carbocycles. The first-order valence-corrected chi connectivity index (χ1v) is 3.40. The Morgan fingerprint density at radius 3 is 0.615 bits per heavy atom. The summed E-state index contributed by atoms with van der Waals surface area (Å²) in [5, 5.41) is 0. The molecular formula is C8H8FeN4+2. The van der Waals surface area contributed by atoms with E-state index < -0.39 is 0 Å². The van der Waals surface area contributed by atoms with Crippen molar-refractivity contribution in [2.45, 2.75) is 0 Å². The number of hydrogen-bond donors (Lipinski definition) is 0. The summed E-state index contributed by atoms with van der Waals surface area (Å²) < 4.78 is 0. The van der Waals surface area contributed by atoms with Gasteiger partial charge in [0.2, 0.25) is 0 Å². The van der Waals surface area contributed by atoms with Crippen LogP contribution >= 0.6 is 0 Å². The summed E-state index contributed by atoms with van der Waals surface area (Å²) >= 11 is 0. The predicted octanol–water partition coefficient (Wildman–Crippen LogP) is 0.951. The van der Waals surface area contributed by atoms with Crippen molar-refractivity contribution in [3.05, 3.63) is 49.6 Å². The third kappa shape index (κ3) is 7.05. The Labute approximate surface area is 87.0 Å². The van der Waals surface area contributed by atoms with Gasteiger partial charge in [0.25, 0.3) is 0 Å². The molecule has 0 radical (unpaired) electrons. The maximum Gasteiger partial charge on any atom is 2.00 e. The van der Waals surface area contributed by atoms with Gasteiger partial charge in [-0.1, -0.05) is 0 Å². The molecule has 2 aromatic rings. The smallest absolute Gasteiger partial charge is 0.262 e. The minimum Gasteiger partial charge on any atom is -0.262 e. The van der Waals surface area contributed by atoms with E-state index in [1.807, 2.05) is 0 Å². The quantitative estimate of drug-likeness (QED) is 0.615. The molecule has 0 saturated heterocycles. The van der Waals surface area contributed by atoms with E-state index in [9.17, 15) is 0 Å². The van der Waals surface area contributed by atoms with Crippen molar-refractivity contribution in [2.75, 3.05) is 0 Å². The average molecular weight is 216 g/mol. The Morgan fingerprint density at radius 2 is 0.538 bits per heavy atom. The molecule has 5 heteroatoms. The SMILES string of the molecule is [Fe+2].c1cnccn1.c1cnccn1. The number of hydrogen-bond acceptors (Lipinski definition) is 4. The Bertz CT molecular complexity index is 192. The standard InChI is InChI=1S/2C4H4N2.Fe/c2*1-2-6-4-3-5-1;/h2*1-4H;/q;;+2. The topological polar surface area (TPSA) is 51.6 Å². The van der Waals surface area contributed by atoms with E-state index in [1.54, 1.807) is 49.6 Å². The summed E-state index contributed by atoms with van der Waals surface area (Å²) in [5.41, 5.74) is 0. The molecule has 13 heavy (non-hydrogen) atoms. The van der Waals surface area contributed by atoms with Crippen LogP contribution in [0.15, 0.2) is 49.6 Å². The van der Waals surface area contributed by atoms with Gasteiger partial charge in [0.05, 0.1) is 0 Å². The van der Waals surface area contributed by atoms with Crippen molar-refractivity contribution < 1.29 is 17.1 Å². The zero-order valence-corrected chi connectivity index (χ0v) is 7.87. The normalized spacial score (nSPS) is 7.38. The van der Waals surface area contributed by atoms with Gasteiger partial charge in [0, 0.05) is 49.6 Å². The van der Waals surface area contributed by atoms with E-state index in [4.69, 9.17) is 0 Å². The van der Waals surface area contributed by atoms with Crippen LogP contribution in [0.5, 0.6) is 0 Å². The van der Waals surface area contributed by atoms with Crippen LogP contribution in [0.25, 0.3) is 0 Å². The molecule has 0 spiro atoms. The van der Waals surface area contributed by atoms with Crippen molar-refractivity contribution >= 4 is 0 Å². The van der Waals surface area contributed by atoms with Gasteiger partial charge < -0.3 is 0 Å². The van der Waals surface area contributed by atoms with Crippen LogP contribution < -0.4 is 0 Å². The second-order valence-electron chi connectivity index (χ2n) is 1.79. The second kappa shape index (κ2) is 8.77. The monoisotopic (exact) mass is 216 g/mol. The van der Waals surface area contributed by atoms with E-state index in [0.29, 0.717) is 0 Å². The molecule has 2 rings (SSSR count). The minimum absolute atomic E-state index is 0. The van der Waals surface area contributed by atoms with Gasteiger partial charge in [-0.25, -0.2) is 0 Å². The Balaban J connectivity index is 0.000000206. The zero-order chi connectivity index (χ0) is 8.49. The van der Waals surface area contributed by atoms with Gasteiger partial charge in [-0.2, -0.15) is 0 Å². The van der Waals surface area contributed by atoms with E-state index in [1.165, 1.54) is 0 Å². The molecular weight excluding hydrogens is 208 g/mol. The molecule has 0 aliphatic heterocycles. The first-order chi connectivity index (χ1) is 6.00. The Hall–Kier alpha value is -1.32. The maximum absolute atomic E-state index is 3.72. The maximum atomic E-state index is 3.72. The van der Waals surface area contributed by atoms with Gasteiger partial charge in [-0.15, -0.1) is 0 Å². The summed E-state index contributed by atoms with van der Waals surface area (Å²) in [6, 6.07) is 0. The van der Waals surface area contributed by atoms with Gasteiger partial charge in [0.1, 0.15) is 0 Å². The first kappa shape index (κ1) is 11.7. The first-order valence-electron chi connectivity index (χ1n) is 3.40. The van der Waals surface area contributed by atoms with Crippen molar-refractivity contribution in [1.29, 1.82) is 0 Å². The van der Waals surface area contributed by atoms with Gasteiger partial charge >= 0.3 is 17.1 Å². The largest absolute Gasteiger partial charge is 2.00 e. The van der Waals surface area contributed by atoms with Crippen LogP contribution in [0.3, 0.4) is 0 Å². The van der Waals surface area contributed by atoms with Crippen LogP contribution in [0.2, 0.25) is 0 Å². The Morgan fingerprint density at radius 1 is 0.385 bits per heavy atom. The number of aromatic nitrogens is 4.